The van der Waals surface area contributed by atoms with Gasteiger partial charge in [-0.15, -0.1) is 0 Å². The lowest BCUT2D eigenvalue weighted by Gasteiger charge is -2.34. The van der Waals surface area contributed by atoms with Gasteiger partial charge in [0.15, 0.2) is 9.84 Å². The van der Waals surface area contributed by atoms with E-state index in [9.17, 15) is 8.42 Å². The van der Waals surface area contributed by atoms with Crippen molar-refractivity contribution in [3.8, 4) is 0 Å². The van der Waals surface area contributed by atoms with E-state index in [4.69, 9.17) is 0 Å². The Balaban J connectivity index is 2.58. The minimum Gasteiger partial charge on any atom is -0.301 e. The maximum absolute atomic E-state index is 11.9. The van der Waals surface area contributed by atoms with Crippen molar-refractivity contribution in [1.82, 2.24) is 4.90 Å². The van der Waals surface area contributed by atoms with Crippen LogP contribution in [0.3, 0.4) is 0 Å². The Morgan fingerprint density at radius 1 is 1.07 bits per heavy atom. The molecule has 1 aliphatic rings. The zero-order valence-corrected chi connectivity index (χ0v) is 11.0. The molecule has 0 spiro atoms. The number of piperidine rings is 1. The minimum atomic E-state index is -2.88. The molecular formula is C11H23NO2S. The Bertz CT molecular complexity index is 288. The van der Waals surface area contributed by atoms with E-state index in [0.29, 0.717) is 6.04 Å². The van der Waals surface area contributed by atoms with Gasteiger partial charge >= 0.3 is 0 Å². The van der Waals surface area contributed by atoms with Crippen molar-refractivity contribution < 1.29 is 8.42 Å². The first-order chi connectivity index (χ1) is 6.85. The van der Waals surface area contributed by atoms with E-state index in [2.05, 4.69) is 18.7 Å². The highest BCUT2D eigenvalue weighted by molar-refractivity contribution is 7.92. The summed E-state index contributed by atoms with van der Waals surface area (Å²) in [6.07, 6.45) is 1.61. The summed E-state index contributed by atoms with van der Waals surface area (Å²) in [5.41, 5.74) is 0. The number of rotatable bonds is 3. The fourth-order valence-corrected chi connectivity index (χ4v) is 3.74. The Labute approximate surface area is 93.8 Å². The monoisotopic (exact) mass is 233 g/mol. The van der Waals surface area contributed by atoms with Crippen LogP contribution in [-0.4, -0.2) is 42.9 Å². The molecule has 4 heteroatoms. The standard InChI is InChI=1S/C11H23NO2S/c1-9(2)12-7-5-11(6-8-12)15(13,14)10(3)4/h9-11H,5-8H2,1-4H3. The third-order valence-corrected chi connectivity index (χ3v) is 6.04. The van der Waals surface area contributed by atoms with Crippen LogP contribution < -0.4 is 0 Å². The van der Waals surface area contributed by atoms with Gasteiger partial charge in [0, 0.05) is 6.04 Å². The van der Waals surface area contributed by atoms with Crippen LogP contribution in [0.25, 0.3) is 0 Å². The SMILES string of the molecule is CC(C)N1CCC(S(=O)(=O)C(C)C)CC1. The van der Waals surface area contributed by atoms with Crippen LogP contribution in [0.15, 0.2) is 0 Å². The predicted octanol–water partition coefficient (Wildman–Crippen LogP) is 1.68. The summed E-state index contributed by atoms with van der Waals surface area (Å²) in [7, 11) is -2.88. The number of hydrogen-bond acceptors (Lipinski definition) is 3. The number of sulfone groups is 1. The predicted molar refractivity (Wildman–Crippen MR) is 63.8 cm³/mol. The third-order valence-electron chi connectivity index (χ3n) is 3.33. The van der Waals surface area contributed by atoms with Crippen LogP contribution in [0, 0.1) is 0 Å². The van der Waals surface area contributed by atoms with Gasteiger partial charge in [-0.2, -0.15) is 0 Å². The van der Waals surface area contributed by atoms with Gasteiger partial charge in [-0.25, -0.2) is 8.42 Å². The van der Waals surface area contributed by atoms with Crippen molar-refractivity contribution in [1.29, 1.82) is 0 Å². The topological polar surface area (TPSA) is 37.4 Å². The van der Waals surface area contributed by atoms with Crippen LogP contribution in [-0.2, 0) is 9.84 Å². The highest BCUT2D eigenvalue weighted by Gasteiger charge is 2.32. The lowest BCUT2D eigenvalue weighted by atomic mass is 10.1. The summed E-state index contributed by atoms with van der Waals surface area (Å²) >= 11 is 0. The van der Waals surface area contributed by atoms with Gasteiger partial charge in [0.05, 0.1) is 10.5 Å². The number of likely N-dealkylation sites (tertiary alicyclic amines) is 1. The van der Waals surface area contributed by atoms with Gasteiger partial charge in [0.25, 0.3) is 0 Å². The summed E-state index contributed by atoms with van der Waals surface area (Å²) in [6.45, 7) is 9.74. The largest absolute Gasteiger partial charge is 0.301 e. The van der Waals surface area contributed by atoms with Crippen LogP contribution in [0.2, 0.25) is 0 Å². The van der Waals surface area contributed by atoms with E-state index in [-0.39, 0.29) is 10.5 Å². The fourth-order valence-electron chi connectivity index (χ4n) is 2.11. The Morgan fingerprint density at radius 3 is 1.87 bits per heavy atom. The number of hydrogen-bond donors (Lipinski definition) is 0. The zero-order chi connectivity index (χ0) is 11.6. The molecule has 1 saturated heterocycles. The Kier molecular flexibility index (Phi) is 4.18. The third kappa shape index (κ3) is 2.94. The molecule has 15 heavy (non-hydrogen) atoms. The number of nitrogens with zero attached hydrogens (tertiary/aromatic N) is 1. The van der Waals surface area contributed by atoms with Gasteiger partial charge in [-0.05, 0) is 53.6 Å². The van der Waals surface area contributed by atoms with Crippen LogP contribution in [0.5, 0.6) is 0 Å². The van der Waals surface area contributed by atoms with Gasteiger partial charge in [-0.1, -0.05) is 0 Å². The molecule has 1 rings (SSSR count). The molecule has 0 aliphatic carbocycles. The molecule has 1 heterocycles. The molecule has 0 aromatic heterocycles. The van der Waals surface area contributed by atoms with Crippen molar-refractivity contribution in [3.63, 3.8) is 0 Å². The van der Waals surface area contributed by atoms with Gasteiger partial charge in [0.1, 0.15) is 0 Å². The molecule has 0 aromatic carbocycles. The van der Waals surface area contributed by atoms with Gasteiger partial charge < -0.3 is 4.90 Å². The van der Waals surface area contributed by atoms with Crippen LogP contribution >= 0.6 is 0 Å². The fraction of sp³-hybridized carbons (Fsp3) is 1.00. The first-order valence-corrected chi connectivity index (χ1v) is 7.43. The normalized spacial score (nSPS) is 21.5. The second-order valence-corrected chi connectivity index (χ2v) is 7.75. The second-order valence-electron chi connectivity index (χ2n) is 4.97. The van der Waals surface area contributed by atoms with E-state index in [1.165, 1.54) is 0 Å². The average Bonchev–Trinajstić information content (AvgIpc) is 2.17. The summed E-state index contributed by atoms with van der Waals surface area (Å²) in [5, 5.41) is -0.333. The molecule has 90 valence electrons. The minimum absolute atomic E-state index is 0.104. The van der Waals surface area contributed by atoms with E-state index in [1.54, 1.807) is 13.8 Å². The van der Waals surface area contributed by atoms with Crippen molar-refractivity contribution >= 4 is 9.84 Å². The molecule has 0 N–H and O–H groups in total. The van der Waals surface area contributed by atoms with Crippen molar-refractivity contribution in [2.45, 2.75) is 57.1 Å². The first-order valence-electron chi connectivity index (χ1n) is 5.82. The molecule has 0 aromatic rings. The lowest BCUT2D eigenvalue weighted by molar-refractivity contribution is 0.186. The quantitative estimate of drug-likeness (QED) is 0.744. The van der Waals surface area contributed by atoms with E-state index >= 15 is 0 Å². The molecule has 0 saturated carbocycles. The highest BCUT2D eigenvalue weighted by atomic mass is 32.2. The summed E-state index contributed by atoms with van der Waals surface area (Å²) in [6, 6.07) is 0.535. The summed E-state index contributed by atoms with van der Waals surface area (Å²) in [4.78, 5) is 2.35. The van der Waals surface area contributed by atoms with E-state index in [1.807, 2.05) is 0 Å². The molecule has 0 radical (unpaired) electrons. The van der Waals surface area contributed by atoms with Gasteiger partial charge in [-0.3, -0.25) is 0 Å². The van der Waals surface area contributed by atoms with Crippen LogP contribution in [0.4, 0.5) is 0 Å². The van der Waals surface area contributed by atoms with Crippen molar-refractivity contribution in [2.24, 2.45) is 0 Å². The first kappa shape index (κ1) is 13.0. The summed E-state index contributed by atoms with van der Waals surface area (Å²) in [5.74, 6) is 0. The molecule has 1 fully saturated rings. The molecule has 0 atom stereocenters. The second kappa shape index (κ2) is 4.83. The smallest absolute Gasteiger partial charge is 0.155 e. The Hall–Kier alpha value is -0.0900. The molecule has 0 bridgehead atoms. The molecule has 0 amide bonds. The Morgan fingerprint density at radius 2 is 1.53 bits per heavy atom. The summed E-state index contributed by atoms with van der Waals surface area (Å²) < 4.78 is 23.9. The average molecular weight is 233 g/mol. The maximum Gasteiger partial charge on any atom is 0.155 e. The lowest BCUT2D eigenvalue weighted by Crippen LogP contribution is -2.44. The van der Waals surface area contributed by atoms with E-state index < -0.39 is 9.84 Å². The highest BCUT2D eigenvalue weighted by Crippen LogP contribution is 2.22. The molecular weight excluding hydrogens is 210 g/mol. The van der Waals surface area contributed by atoms with Crippen LogP contribution in [0.1, 0.15) is 40.5 Å². The van der Waals surface area contributed by atoms with Crippen molar-refractivity contribution in [3.05, 3.63) is 0 Å². The van der Waals surface area contributed by atoms with Crippen molar-refractivity contribution in [2.75, 3.05) is 13.1 Å². The van der Waals surface area contributed by atoms with Gasteiger partial charge in [0.2, 0.25) is 0 Å². The molecule has 0 unspecified atom stereocenters. The zero-order valence-electron chi connectivity index (χ0n) is 10.2. The maximum atomic E-state index is 11.9. The molecule has 3 nitrogen and oxygen atoms in total. The molecule has 1 aliphatic heterocycles. The van der Waals surface area contributed by atoms with E-state index in [0.717, 1.165) is 25.9 Å².